The lowest BCUT2D eigenvalue weighted by atomic mass is 10.0. The van der Waals surface area contributed by atoms with Gasteiger partial charge in [0.15, 0.2) is 15.5 Å². The lowest BCUT2D eigenvalue weighted by molar-refractivity contribution is 0.0298. The Morgan fingerprint density at radius 2 is 1.75 bits per heavy atom. The number of rotatable bonds is 3. The minimum Gasteiger partial charge on any atom is -0.378 e. The van der Waals surface area contributed by atoms with E-state index in [4.69, 9.17) is 4.74 Å². The summed E-state index contributed by atoms with van der Waals surface area (Å²) < 4.78 is 43.7. The summed E-state index contributed by atoms with van der Waals surface area (Å²) in [5, 5.41) is 4.66. The number of morpholine rings is 1. The Morgan fingerprint density at radius 1 is 1.06 bits per heavy atom. The van der Waals surface area contributed by atoms with Gasteiger partial charge in [-0.05, 0) is 30.3 Å². The van der Waals surface area contributed by atoms with Crippen molar-refractivity contribution in [1.82, 2.24) is 14.7 Å². The Labute approximate surface area is 188 Å². The van der Waals surface area contributed by atoms with Gasteiger partial charge >= 0.3 is 0 Å². The van der Waals surface area contributed by atoms with Gasteiger partial charge in [-0.25, -0.2) is 13.1 Å². The number of hydrogen-bond acceptors (Lipinski definition) is 6. The molecule has 0 saturated carbocycles. The Balaban J connectivity index is 1.69. The van der Waals surface area contributed by atoms with Gasteiger partial charge in [-0.2, -0.15) is 5.10 Å². The Kier molecular flexibility index (Phi) is 5.23. The standard InChI is InChI=1S/C22H21N3O5S2/c1-32(28,29)16-8-6-15(7-9-16)25-21-17-4-2-3-5-19(17)31(27)14-18(21)20(23-25)22(26)24-10-12-30-13-11-24/h2-9H,10-14H2,1H3. The largest absolute Gasteiger partial charge is 0.378 e. The highest BCUT2D eigenvalue weighted by Gasteiger charge is 2.34. The van der Waals surface area contributed by atoms with E-state index >= 15 is 0 Å². The minimum atomic E-state index is -3.34. The summed E-state index contributed by atoms with van der Waals surface area (Å²) in [5.41, 5.74) is 3.01. The average Bonchev–Trinajstić information content (AvgIpc) is 3.18. The molecule has 0 bridgehead atoms. The molecule has 2 aliphatic heterocycles. The molecule has 1 unspecified atom stereocenters. The summed E-state index contributed by atoms with van der Waals surface area (Å²) in [6.45, 7) is 1.89. The summed E-state index contributed by atoms with van der Waals surface area (Å²) in [6, 6.07) is 13.8. The van der Waals surface area contributed by atoms with E-state index in [0.717, 1.165) is 11.8 Å². The molecule has 2 aliphatic rings. The first-order chi connectivity index (χ1) is 15.3. The molecule has 1 fully saturated rings. The van der Waals surface area contributed by atoms with Crippen LogP contribution in [-0.2, 0) is 31.1 Å². The van der Waals surface area contributed by atoms with Crippen LogP contribution < -0.4 is 0 Å². The quantitative estimate of drug-likeness (QED) is 0.580. The van der Waals surface area contributed by atoms with Crippen molar-refractivity contribution in [3.05, 3.63) is 59.8 Å². The molecule has 0 aliphatic carbocycles. The molecular weight excluding hydrogens is 450 g/mol. The second-order valence-electron chi connectivity index (χ2n) is 7.74. The molecule has 3 heterocycles. The third-order valence-corrected chi connectivity index (χ3v) is 8.18. The van der Waals surface area contributed by atoms with Crippen LogP contribution in [-0.4, -0.2) is 65.8 Å². The summed E-state index contributed by atoms with van der Waals surface area (Å²) in [6.07, 6.45) is 1.16. The van der Waals surface area contributed by atoms with E-state index in [0.29, 0.717) is 48.1 Å². The van der Waals surface area contributed by atoms with Crippen LogP contribution in [0.1, 0.15) is 16.1 Å². The van der Waals surface area contributed by atoms with Gasteiger partial charge in [-0.15, -0.1) is 0 Å². The molecular formula is C22H21N3O5S2. The van der Waals surface area contributed by atoms with Crippen molar-refractivity contribution in [1.29, 1.82) is 0 Å². The maximum absolute atomic E-state index is 13.3. The zero-order chi connectivity index (χ0) is 22.5. The number of carbonyl (C=O) groups excluding carboxylic acids is 1. The molecule has 2 aromatic carbocycles. The van der Waals surface area contributed by atoms with Crippen molar-refractivity contribution in [2.24, 2.45) is 0 Å². The predicted octanol–water partition coefficient (Wildman–Crippen LogP) is 2.04. The molecule has 5 rings (SSSR count). The Bertz CT molecular complexity index is 1340. The Morgan fingerprint density at radius 3 is 2.44 bits per heavy atom. The first-order valence-electron chi connectivity index (χ1n) is 10.1. The topological polar surface area (TPSA) is 98.6 Å². The molecule has 166 valence electrons. The van der Waals surface area contributed by atoms with Crippen LogP contribution in [0.2, 0.25) is 0 Å². The van der Waals surface area contributed by atoms with Crippen molar-refractivity contribution in [3.63, 3.8) is 0 Å². The van der Waals surface area contributed by atoms with Crippen molar-refractivity contribution >= 4 is 26.5 Å². The van der Waals surface area contributed by atoms with E-state index in [1.165, 1.54) is 12.1 Å². The maximum Gasteiger partial charge on any atom is 0.274 e. The SMILES string of the molecule is CS(=O)(=O)c1ccc(-n2nc(C(=O)N3CCOCC3)c3c2-c2ccccc2S(=O)C3)cc1. The zero-order valence-corrected chi connectivity index (χ0v) is 19.0. The van der Waals surface area contributed by atoms with Gasteiger partial charge in [0.25, 0.3) is 5.91 Å². The molecule has 8 nitrogen and oxygen atoms in total. The number of carbonyl (C=O) groups is 1. The van der Waals surface area contributed by atoms with Crippen LogP contribution in [0, 0.1) is 0 Å². The number of ether oxygens (including phenoxy) is 1. The number of aromatic nitrogens is 2. The van der Waals surface area contributed by atoms with E-state index < -0.39 is 20.6 Å². The van der Waals surface area contributed by atoms with Crippen LogP contribution in [0.4, 0.5) is 0 Å². The number of sulfone groups is 1. The summed E-state index contributed by atoms with van der Waals surface area (Å²) in [7, 11) is -4.64. The van der Waals surface area contributed by atoms with Gasteiger partial charge in [-0.1, -0.05) is 18.2 Å². The lowest BCUT2D eigenvalue weighted by Gasteiger charge is -2.26. The van der Waals surface area contributed by atoms with Crippen molar-refractivity contribution < 1.29 is 22.2 Å². The summed E-state index contributed by atoms with van der Waals surface area (Å²) in [4.78, 5) is 15.9. The molecule has 0 radical (unpaired) electrons. The molecule has 1 saturated heterocycles. The molecule has 32 heavy (non-hydrogen) atoms. The molecule has 10 heteroatoms. The summed E-state index contributed by atoms with van der Waals surface area (Å²) >= 11 is 0. The van der Waals surface area contributed by atoms with Gasteiger partial charge in [0.2, 0.25) is 0 Å². The Hall–Kier alpha value is -2.82. The highest BCUT2D eigenvalue weighted by atomic mass is 32.2. The third-order valence-electron chi connectivity index (χ3n) is 5.66. The second-order valence-corrected chi connectivity index (χ2v) is 11.2. The molecule has 1 atom stereocenters. The second kappa shape index (κ2) is 7.95. The smallest absolute Gasteiger partial charge is 0.274 e. The number of nitrogens with zero attached hydrogens (tertiary/aromatic N) is 3. The van der Waals surface area contributed by atoms with E-state index in [-0.39, 0.29) is 22.2 Å². The van der Waals surface area contributed by atoms with Crippen LogP contribution in [0.3, 0.4) is 0 Å². The fraction of sp³-hybridized carbons (Fsp3) is 0.273. The van der Waals surface area contributed by atoms with Crippen molar-refractivity contribution in [2.45, 2.75) is 15.5 Å². The number of amides is 1. The monoisotopic (exact) mass is 471 g/mol. The fourth-order valence-electron chi connectivity index (χ4n) is 4.04. The van der Waals surface area contributed by atoms with E-state index in [1.54, 1.807) is 21.7 Å². The number of fused-ring (bicyclic) bond motifs is 3. The van der Waals surface area contributed by atoms with E-state index in [9.17, 15) is 17.4 Å². The van der Waals surface area contributed by atoms with Crippen molar-refractivity contribution in [2.75, 3.05) is 32.6 Å². The minimum absolute atomic E-state index is 0.194. The number of hydrogen-bond donors (Lipinski definition) is 0. The highest BCUT2D eigenvalue weighted by molar-refractivity contribution is 7.90. The first kappa shape index (κ1) is 21.0. The highest BCUT2D eigenvalue weighted by Crippen LogP contribution is 2.39. The van der Waals surface area contributed by atoms with Crippen molar-refractivity contribution in [3.8, 4) is 16.9 Å². The molecule has 0 N–H and O–H groups in total. The lowest BCUT2D eigenvalue weighted by Crippen LogP contribution is -2.41. The van der Waals surface area contributed by atoms with Crippen LogP contribution in [0.5, 0.6) is 0 Å². The van der Waals surface area contributed by atoms with Gasteiger partial charge < -0.3 is 9.64 Å². The summed E-state index contributed by atoms with van der Waals surface area (Å²) in [5.74, 6) is -0.0217. The fourth-order valence-corrected chi connectivity index (χ4v) is 6.00. The normalized spacial score (nSPS) is 18.2. The van der Waals surface area contributed by atoms with Gasteiger partial charge in [-0.3, -0.25) is 9.00 Å². The first-order valence-corrected chi connectivity index (χ1v) is 13.3. The van der Waals surface area contributed by atoms with Gasteiger partial charge in [0.1, 0.15) is 0 Å². The average molecular weight is 472 g/mol. The van der Waals surface area contributed by atoms with Gasteiger partial charge in [0.05, 0.1) is 46.0 Å². The molecule has 1 amide bonds. The predicted molar refractivity (Wildman–Crippen MR) is 119 cm³/mol. The maximum atomic E-state index is 13.3. The zero-order valence-electron chi connectivity index (χ0n) is 17.4. The van der Waals surface area contributed by atoms with Crippen LogP contribution in [0.25, 0.3) is 16.9 Å². The molecule has 0 spiro atoms. The number of benzene rings is 2. The van der Waals surface area contributed by atoms with Crippen LogP contribution >= 0.6 is 0 Å². The third kappa shape index (κ3) is 3.58. The van der Waals surface area contributed by atoms with Crippen LogP contribution in [0.15, 0.2) is 58.3 Å². The van der Waals surface area contributed by atoms with E-state index in [2.05, 4.69) is 5.10 Å². The molecule has 3 aromatic rings. The van der Waals surface area contributed by atoms with E-state index in [1.807, 2.05) is 24.3 Å². The molecule has 1 aromatic heterocycles. The van der Waals surface area contributed by atoms with Gasteiger partial charge in [0, 0.05) is 35.4 Å².